The van der Waals surface area contributed by atoms with Gasteiger partial charge < -0.3 is 12.9 Å². The van der Waals surface area contributed by atoms with E-state index in [1.807, 2.05) is 0 Å². The van der Waals surface area contributed by atoms with E-state index in [2.05, 4.69) is 0 Å². The molecule has 1 nitrogen and oxygen atoms in total. The van der Waals surface area contributed by atoms with E-state index in [-0.39, 0.29) is 57.7 Å². The zero-order valence-corrected chi connectivity index (χ0v) is 10.4. The van der Waals surface area contributed by atoms with Crippen molar-refractivity contribution in [3.8, 4) is 0 Å². The number of aldehydes is 1. The Kier molecular flexibility index (Phi) is 5.53. The van der Waals surface area contributed by atoms with E-state index in [9.17, 15) is 22.1 Å². The monoisotopic (exact) mass is 230 g/mol. The van der Waals surface area contributed by atoms with E-state index in [0.29, 0.717) is 6.07 Å². The van der Waals surface area contributed by atoms with Gasteiger partial charge in [0.2, 0.25) is 0 Å². The number of carbonyl (C=O) groups is 1. The molecule has 0 aliphatic rings. The summed E-state index contributed by atoms with van der Waals surface area (Å²) in [6, 6.07) is 1.95. The molecule has 1 rings (SSSR count). The molecule has 70 valence electrons. The van der Waals surface area contributed by atoms with E-state index >= 15 is 0 Å². The van der Waals surface area contributed by atoms with Crippen molar-refractivity contribution in [2.45, 2.75) is 0 Å². The first kappa shape index (κ1) is 14.3. The molecule has 0 radical (unpaired) electrons. The molecule has 0 atom stereocenters. The summed E-state index contributed by atoms with van der Waals surface area (Å²) in [5, 5.41) is 0. The van der Waals surface area contributed by atoms with Crippen molar-refractivity contribution in [1.29, 1.82) is 0 Å². The number of hydrogen-bond donors (Lipinski definition) is 0. The number of benzene rings is 1. The standard InChI is InChI=1S/C7H4BF4O.K/c9-6-2-1-5(4-13)7(3-6)8(10,11)12;/h1-4H;/q-1;+1. The topological polar surface area (TPSA) is 17.1 Å². The average molecular weight is 230 g/mol. The molecule has 1 aromatic carbocycles. The van der Waals surface area contributed by atoms with Gasteiger partial charge in [0.15, 0.2) is 0 Å². The Labute approximate surface area is 120 Å². The minimum Gasteiger partial charge on any atom is -0.445 e. The summed E-state index contributed by atoms with van der Waals surface area (Å²) >= 11 is 0. The van der Waals surface area contributed by atoms with Gasteiger partial charge in [0.05, 0.1) is 0 Å². The predicted molar refractivity (Wildman–Crippen MR) is 40.5 cm³/mol. The molecule has 14 heavy (non-hydrogen) atoms. The normalized spacial score (nSPS) is 10.6. The molecule has 0 bridgehead atoms. The SMILES string of the molecule is O=Cc1ccc(F)cc1[B-](F)(F)F.[K+]. The van der Waals surface area contributed by atoms with Crippen molar-refractivity contribution in [3.05, 3.63) is 29.6 Å². The molecule has 0 saturated heterocycles. The van der Waals surface area contributed by atoms with Crippen LogP contribution in [0.2, 0.25) is 0 Å². The van der Waals surface area contributed by atoms with Crippen LogP contribution in [0.3, 0.4) is 0 Å². The summed E-state index contributed by atoms with van der Waals surface area (Å²) in [5.41, 5.74) is -1.72. The Balaban J connectivity index is 0.00000169. The summed E-state index contributed by atoms with van der Waals surface area (Å²) in [5.74, 6) is -1.00. The zero-order valence-electron chi connectivity index (χ0n) is 7.31. The van der Waals surface area contributed by atoms with Crippen LogP contribution in [0.4, 0.5) is 17.3 Å². The molecule has 0 fully saturated rings. The van der Waals surface area contributed by atoms with Crippen molar-refractivity contribution >= 4 is 18.7 Å². The van der Waals surface area contributed by atoms with Gasteiger partial charge >= 0.3 is 58.4 Å². The van der Waals surface area contributed by atoms with Gasteiger partial charge in [0.25, 0.3) is 0 Å². The van der Waals surface area contributed by atoms with Crippen molar-refractivity contribution < 1.29 is 73.5 Å². The van der Waals surface area contributed by atoms with Crippen LogP contribution in [-0.2, 0) is 0 Å². The van der Waals surface area contributed by atoms with Crippen molar-refractivity contribution in [2.75, 3.05) is 0 Å². The first-order chi connectivity index (χ1) is 5.95. The van der Waals surface area contributed by atoms with Gasteiger partial charge in [-0.2, -0.15) is 0 Å². The third-order valence-corrected chi connectivity index (χ3v) is 1.53. The molecule has 0 unspecified atom stereocenters. The molecule has 0 spiro atoms. The average Bonchev–Trinajstić information content (AvgIpc) is 2.03. The third kappa shape index (κ3) is 3.47. The van der Waals surface area contributed by atoms with Gasteiger partial charge in [0, 0.05) is 0 Å². The van der Waals surface area contributed by atoms with Gasteiger partial charge in [-0.3, -0.25) is 4.79 Å². The van der Waals surface area contributed by atoms with Crippen LogP contribution in [0.25, 0.3) is 0 Å². The van der Waals surface area contributed by atoms with Crippen LogP contribution in [0, 0.1) is 5.82 Å². The number of carbonyl (C=O) groups excluding carboxylic acids is 1. The third-order valence-electron chi connectivity index (χ3n) is 1.53. The second-order valence-electron chi connectivity index (χ2n) is 2.47. The van der Waals surface area contributed by atoms with Gasteiger partial charge in [-0.25, -0.2) is 4.39 Å². The Hall–Kier alpha value is 0.311. The van der Waals surface area contributed by atoms with Crippen LogP contribution >= 0.6 is 0 Å². The van der Waals surface area contributed by atoms with E-state index in [0.717, 1.165) is 12.1 Å². The first-order valence-corrected chi connectivity index (χ1v) is 3.39. The maximum atomic E-state index is 12.4. The molecule has 0 aliphatic carbocycles. The summed E-state index contributed by atoms with van der Waals surface area (Å²) in [6.07, 6.45) is 0.0595. The fourth-order valence-electron chi connectivity index (χ4n) is 0.936. The van der Waals surface area contributed by atoms with Crippen LogP contribution in [0.5, 0.6) is 0 Å². The smallest absolute Gasteiger partial charge is 0.445 e. The molecule has 0 saturated carbocycles. The number of hydrogen-bond acceptors (Lipinski definition) is 1. The van der Waals surface area contributed by atoms with Crippen molar-refractivity contribution in [2.24, 2.45) is 0 Å². The van der Waals surface area contributed by atoms with E-state index in [1.54, 1.807) is 0 Å². The molecule has 0 aliphatic heterocycles. The molecule has 7 heteroatoms. The second kappa shape index (κ2) is 5.41. The summed E-state index contributed by atoms with van der Waals surface area (Å²) in [4.78, 5) is 10.2. The van der Waals surface area contributed by atoms with Crippen LogP contribution in [0.15, 0.2) is 18.2 Å². The van der Waals surface area contributed by atoms with Crippen LogP contribution < -0.4 is 56.8 Å². The van der Waals surface area contributed by atoms with Gasteiger partial charge in [-0.15, -0.1) is 0 Å². The van der Waals surface area contributed by atoms with Crippen molar-refractivity contribution in [3.63, 3.8) is 0 Å². The first-order valence-electron chi connectivity index (χ1n) is 3.39. The quantitative estimate of drug-likeness (QED) is 0.350. The molecule has 1 aromatic rings. The predicted octanol–water partition coefficient (Wildman–Crippen LogP) is -1.30. The van der Waals surface area contributed by atoms with Crippen molar-refractivity contribution in [1.82, 2.24) is 0 Å². The molecular weight excluding hydrogens is 226 g/mol. The minimum atomic E-state index is -5.33. The number of halogens is 4. The van der Waals surface area contributed by atoms with E-state index in [1.165, 1.54) is 0 Å². The van der Waals surface area contributed by atoms with Gasteiger partial charge in [-0.1, -0.05) is 17.6 Å². The molecule has 0 amide bonds. The summed E-state index contributed by atoms with van der Waals surface area (Å²) in [6.45, 7) is -5.33. The van der Waals surface area contributed by atoms with E-state index in [4.69, 9.17) is 0 Å². The Morgan fingerprint density at radius 2 is 1.79 bits per heavy atom. The summed E-state index contributed by atoms with van der Waals surface area (Å²) < 4.78 is 48.9. The van der Waals surface area contributed by atoms with E-state index < -0.39 is 23.8 Å². The van der Waals surface area contributed by atoms with Gasteiger partial charge in [0.1, 0.15) is 12.1 Å². The summed E-state index contributed by atoms with van der Waals surface area (Å²) in [7, 11) is 0. The minimum absolute atomic E-state index is 0. The Morgan fingerprint density at radius 3 is 2.21 bits per heavy atom. The fourth-order valence-corrected chi connectivity index (χ4v) is 0.936. The molecular formula is C7H4BF4KO. The number of rotatable bonds is 2. The fraction of sp³-hybridized carbons (Fsp3) is 0. The molecule has 0 N–H and O–H groups in total. The van der Waals surface area contributed by atoms with Gasteiger partial charge in [-0.05, 0) is 11.6 Å². The largest absolute Gasteiger partial charge is 1.00 e. The molecule has 0 aromatic heterocycles. The maximum absolute atomic E-state index is 12.4. The second-order valence-corrected chi connectivity index (χ2v) is 2.47. The maximum Gasteiger partial charge on any atom is 1.00 e. The Bertz CT molecular complexity index is 339. The van der Waals surface area contributed by atoms with Crippen LogP contribution in [-0.4, -0.2) is 13.3 Å². The van der Waals surface area contributed by atoms with Crippen LogP contribution in [0.1, 0.15) is 10.4 Å². The Morgan fingerprint density at radius 1 is 1.21 bits per heavy atom. The molecule has 0 heterocycles. The zero-order chi connectivity index (χ0) is 10.1.